The van der Waals surface area contributed by atoms with Crippen LogP contribution in [-0.4, -0.2) is 108 Å². The molecule has 1 atom stereocenters. The molecule has 0 radical (unpaired) electrons. The van der Waals surface area contributed by atoms with Gasteiger partial charge >= 0.3 is 0 Å². The van der Waals surface area contributed by atoms with Crippen molar-refractivity contribution in [3.63, 3.8) is 0 Å². The van der Waals surface area contributed by atoms with Gasteiger partial charge in [-0.25, -0.2) is 0 Å². The SMILES string of the molecule is Cc1cc(C[C@@H](CC(=O)N2CCC(N3Cc4ccccc4CC3=O)CC2)C(=O)N2CCC3(CCN(C4CCNCC4)CC3)C2)cc2c1CN=C2. The summed E-state index contributed by atoms with van der Waals surface area (Å²) >= 11 is 0. The molecule has 2 aromatic carbocycles. The molecule has 0 aliphatic carbocycles. The average molecular weight is 679 g/mol. The third kappa shape index (κ3) is 6.88. The molecule has 266 valence electrons. The first kappa shape index (κ1) is 33.6. The van der Waals surface area contributed by atoms with Crippen molar-refractivity contribution in [3.05, 3.63) is 69.8 Å². The zero-order valence-corrected chi connectivity index (χ0v) is 29.9. The van der Waals surface area contributed by atoms with Crippen molar-refractivity contribution >= 4 is 23.9 Å². The van der Waals surface area contributed by atoms with Gasteiger partial charge in [0.15, 0.2) is 0 Å². The number of amides is 3. The number of piperidine rings is 3. The quantitative estimate of drug-likeness (QED) is 0.477. The summed E-state index contributed by atoms with van der Waals surface area (Å²) in [5.74, 6) is 0.0198. The largest absolute Gasteiger partial charge is 0.343 e. The van der Waals surface area contributed by atoms with Crippen LogP contribution in [0.1, 0.15) is 84.7 Å². The topological polar surface area (TPSA) is 88.6 Å². The Morgan fingerprint density at radius 3 is 2.44 bits per heavy atom. The number of nitrogens with one attached hydrogen (secondary N) is 1. The Bertz CT molecular complexity index is 1630. The van der Waals surface area contributed by atoms with E-state index in [4.69, 9.17) is 0 Å². The number of rotatable bonds is 7. The number of aryl methyl sites for hydroxylation is 1. The molecule has 9 nitrogen and oxygen atoms in total. The van der Waals surface area contributed by atoms with E-state index in [1.807, 2.05) is 28.1 Å². The van der Waals surface area contributed by atoms with Crippen molar-refractivity contribution in [2.45, 2.75) is 96.3 Å². The van der Waals surface area contributed by atoms with Gasteiger partial charge in [-0.05, 0) is 129 Å². The van der Waals surface area contributed by atoms with Crippen LogP contribution in [0.3, 0.4) is 0 Å². The molecule has 6 aliphatic heterocycles. The maximum Gasteiger partial charge on any atom is 0.227 e. The Morgan fingerprint density at radius 2 is 1.66 bits per heavy atom. The Kier molecular flexibility index (Phi) is 9.55. The lowest BCUT2D eigenvalue weighted by Gasteiger charge is -2.44. The van der Waals surface area contributed by atoms with Crippen LogP contribution < -0.4 is 5.32 Å². The molecule has 1 spiro atoms. The minimum atomic E-state index is -0.388. The Morgan fingerprint density at radius 1 is 0.920 bits per heavy atom. The van der Waals surface area contributed by atoms with Gasteiger partial charge < -0.3 is 24.9 Å². The highest BCUT2D eigenvalue weighted by atomic mass is 16.2. The van der Waals surface area contributed by atoms with Crippen molar-refractivity contribution in [1.29, 1.82) is 0 Å². The van der Waals surface area contributed by atoms with Crippen molar-refractivity contribution in [1.82, 2.24) is 24.9 Å². The molecule has 8 rings (SSSR count). The fourth-order valence-electron chi connectivity index (χ4n) is 9.98. The maximum absolute atomic E-state index is 14.5. The monoisotopic (exact) mass is 678 g/mol. The van der Waals surface area contributed by atoms with E-state index in [-0.39, 0.29) is 41.5 Å². The predicted molar refractivity (Wildman–Crippen MR) is 195 cm³/mol. The highest BCUT2D eigenvalue weighted by molar-refractivity contribution is 5.87. The second-order valence-electron chi connectivity index (χ2n) is 16.2. The van der Waals surface area contributed by atoms with E-state index in [1.54, 1.807) is 0 Å². The van der Waals surface area contributed by atoms with E-state index in [9.17, 15) is 14.4 Å². The van der Waals surface area contributed by atoms with Crippen LogP contribution in [0.5, 0.6) is 0 Å². The van der Waals surface area contributed by atoms with Gasteiger partial charge in [-0.1, -0.05) is 30.3 Å². The number of nitrogens with zero attached hydrogens (tertiary/aromatic N) is 5. The highest BCUT2D eigenvalue weighted by Gasteiger charge is 2.44. The van der Waals surface area contributed by atoms with Gasteiger partial charge in [0.2, 0.25) is 17.7 Å². The van der Waals surface area contributed by atoms with E-state index >= 15 is 0 Å². The average Bonchev–Trinajstić information content (AvgIpc) is 3.79. The van der Waals surface area contributed by atoms with E-state index in [1.165, 1.54) is 29.5 Å². The summed E-state index contributed by atoms with van der Waals surface area (Å²) in [5, 5.41) is 3.50. The summed E-state index contributed by atoms with van der Waals surface area (Å²) in [6, 6.07) is 13.5. The van der Waals surface area contributed by atoms with Gasteiger partial charge in [-0.2, -0.15) is 0 Å². The first-order valence-electron chi connectivity index (χ1n) is 19.3. The molecule has 4 fully saturated rings. The smallest absolute Gasteiger partial charge is 0.227 e. The molecule has 2 aromatic rings. The predicted octanol–water partition coefficient (Wildman–Crippen LogP) is 4.12. The van der Waals surface area contributed by atoms with Crippen LogP contribution in [0.15, 0.2) is 41.4 Å². The van der Waals surface area contributed by atoms with Crippen LogP contribution in [0, 0.1) is 18.3 Å². The second kappa shape index (κ2) is 14.2. The van der Waals surface area contributed by atoms with Crippen LogP contribution in [0.25, 0.3) is 0 Å². The first-order valence-corrected chi connectivity index (χ1v) is 19.3. The molecule has 6 aliphatic rings. The van der Waals surface area contributed by atoms with Crippen molar-refractivity contribution in [2.75, 3.05) is 52.4 Å². The van der Waals surface area contributed by atoms with Crippen molar-refractivity contribution in [3.8, 4) is 0 Å². The van der Waals surface area contributed by atoms with E-state index in [2.05, 4.69) is 51.3 Å². The van der Waals surface area contributed by atoms with Gasteiger partial charge in [0.1, 0.15) is 0 Å². The Labute approximate surface area is 297 Å². The fourth-order valence-corrected chi connectivity index (χ4v) is 9.98. The van der Waals surface area contributed by atoms with Gasteiger partial charge in [0.25, 0.3) is 0 Å². The number of carbonyl (C=O) groups is 3. The van der Waals surface area contributed by atoms with Gasteiger partial charge in [-0.3, -0.25) is 19.4 Å². The standard InChI is InChI=1S/C41H54N6O3/c1-29-20-30(22-34-25-43-26-37(29)34)21-33(40(50)46-19-12-41(28-46)10-17-44(18-11-41)35-6-13-42-14-7-35)24-38(48)45-15-8-36(9-16-45)47-27-32-5-3-2-4-31(32)23-39(47)49/h2-5,20,22,25,33,35-36,42H,6-19,21,23-24,26-28H2,1H3/t33-/m0/s1. The third-order valence-electron chi connectivity index (χ3n) is 13.1. The molecule has 3 amide bonds. The fraction of sp³-hybridized carbons (Fsp3) is 0.610. The van der Waals surface area contributed by atoms with Gasteiger partial charge in [0.05, 0.1) is 18.9 Å². The molecular formula is C41H54N6O3. The number of likely N-dealkylation sites (tertiary alicyclic amines) is 3. The molecule has 0 saturated carbocycles. The minimum absolute atomic E-state index is 0.0701. The number of carbonyl (C=O) groups excluding carboxylic acids is 3. The molecule has 4 saturated heterocycles. The number of fused-ring (bicyclic) bond motifs is 2. The number of aliphatic imine (C=N–C) groups is 1. The summed E-state index contributed by atoms with van der Waals surface area (Å²) in [5.41, 5.74) is 7.32. The number of hydrogen-bond acceptors (Lipinski definition) is 6. The van der Waals surface area contributed by atoms with Crippen LogP contribution >= 0.6 is 0 Å². The third-order valence-corrected chi connectivity index (χ3v) is 13.1. The Balaban J connectivity index is 0.925. The highest BCUT2D eigenvalue weighted by Crippen LogP contribution is 2.42. The second-order valence-corrected chi connectivity index (χ2v) is 16.2. The minimum Gasteiger partial charge on any atom is -0.343 e. The normalized spacial score (nSPS) is 23.4. The lowest BCUT2D eigenvalue weighted by Crippen LogP contribution is -2.50. The van der Waals surface area contributed by atoms with Crippen LogP contribution in [-0.2, 0) is 40.3 Å². The number of benzene rings is 2. The molecular weight excluding hydrogens is 624 g/mol. The zero-order chi connectivity index (χ0) is 34.2. The molecule has 0 unspecified atom stereocenters. The molecule has 0 bridgehead atoms. The molecule has 1 N–H and O–H groups in total. The summed E-state index contributed by atoms with van der Waals surface area (Å²) in [7, 11) is 0. The first-order chi connectivity index (χ1) is 24.3. The van der Waals surface area contributed by atoms with E-state index in [0.29, 0.717) is 38.5 Å². The van der Waals surface area contributed by atoms with Gasteiger partial charge in [0, 0.05) is 57.4 Å². The molecule has 50 heavy (non-hydrogen) atoms. The number of hydrogen-bond donors (Lipinski definition) is 1. The molecule has 9 heteroatoms. The van der Waals surface area contributed by atoms with E-state index in [0.717, 1.165) is 94.6 Å². The summed E-state index contributed by atoms with van der Waals surface area (Å²) in [4.78, 5) is 54.9. The van der Waals surface area contributed by atoms with Crippen molar-refractivity contribution < 1.29 is 14.4 Å². The van der Waals surface area contributed by atoms with Crippen LogP contribution in [0.4, 0.5) is 0 Å². The lowest BCUT2D eigenvalue weighted by molar-refractivity contribution is -0.142. The summed E-state index contributed by atoms with van der Waals surface area (Å²) < 4.78 is 0. The molecule has 6 heterocycles. The summed E-state index contributed by atoms with van der Waals surface area (Å²) in [6.45, 7) is 10.9. The van der Waals surface area contributed by atoms with Gasteiger partial charge in [-0.15, -0.1) is 0 Å². The molecule has 0 aromatic heterocycles. The lowest BCUT2D eigenvalue weighted by atomic mass is 9.77. The van der Waals surface area contributed by atoms with E-state index < -0.39 is 0 Å². The Hall–Kier alpha value is -3.56. The van der Waals surface area contributed by atoms with Crippen molar-refractivity contribution in [2.24, 2.45) is 16.3 Å². The summed E-state index contributed by atoms with van der Waals surface area (Å²) in [6.07, 6.45) is 10.6. The van der Waals surface area contributed by atoms with Crippen LogP contribution in [0.2, 0.25) is 0 Å². The maximum atomic E-state index is 14.5. The zero-order valence-electron chi connectivity index (χ0n) is 29.9.